The van der Waals surface area contributed by atoms with Crippen molar-refractivity contribution in [3.8, 4) is 5.75 Å². The Kier molecular flexibility index (Phi) is 5.20. The minimum absolute atomic E-state index is 0.0342. The lowest BCUT2D eigenvalue weighted by Crippen LogP contribution is -2.03. The summed E-state index contributed by atoms with van der Waals surface area (Å²) in [6, 6.07) is 12.4. The van der Waals surface area contributed by atoms with Gasteiger partial charge in [0.05, 0.1) is 5.02 Å². The molecule has 0 aliphatic rings. The molecule has 0 radical (unpaired) electrons. The molecule has 0 amide bonds. The van der Waals surface area contributed by atoms with E-state index in [0.29, 0.717) is 6.54 Å². The van der Waals surface area contributed by atoms with Crippen LogP contribution in [-0.4, -0.2) is 6.61 Å². The molecule has 0 spiro atoms. The number of benzene rings is 2. The van der Waals surface area contributed by atoms with Gasteiger partial charge in [0.1, 0.15) is 5.75 Å². The van der Waals surface area contributed by atoms with E-state index in [4.69, 9.17) is 11.6 Å². The fourth-order valence-corrected chi connectivity index (χ4v) is 2.29. The van der Waals surface area contributed by atoms with Crippen LogP contribution in [-0.2, 0) is 6.54 Å². The zero-order valence-electron chi connectivity index (χ0n) is 10.2. The molecule has 0 aliphatic carbocycles. The summed E-state index contributed by atoms with van der Waals surface area (Å²) < 4.78 is 29.5. The summed E-state index contributed by atoms with van der Waals surface area (Å²) in [6.45, 7) is -2.29. The first-order valence-corrected chi connectivity index (χ1v) is 6.95. The second kappa shape index (κ2) is 6.90. The molecule has 0 atom stereocenters. The van der Waals surface area contributed by atoms with Gasteiger partial charge in [-0.3, -0.25) is 0 Å². The molecule has 20 heavy (non-hydrogen) atoms. The van der Waals surface area contributed by atoms with Crippen molar-refractivity contribution in [2.24, 2.45) is 0 Å². The van der Waals surface area contributed by atoms with Gasteiger partial charge in [0.25, 0.3) is 0 Å². The lowest BCUT2D eigenvalue weighted by Gasteiger charge is -2.11. The highest BCUT2D eigenvalue weighted by Crippen LogP contribution is 2.29. The standard InChI is InChI=1S/C14H11BrClF2NO/c15-11-4-2-1-3-9(11)8-19-10-5-6-13(12(16)7-10)20-14(17)18/h1-7,14,19H,8H2. The summed E-state index contributed by atoms with van der Waals surface area (Å²) in [4.78, 5) is 0. The largest absolute Gasteiger partial charge is 0.433 e. The lowest BCUT2D eigenvalue weighted by atomic mass is 10.2. The molecule has 0 aliphatic heterocycles. The van der Waals surface area contributed by atoms with E-state index < -0.39 is 6.61 Å². The SMILES string of the molecule is FC(F)Oc1ccc(NCc2ccccc2Br)cc1Cl. The molecule has 2 nitrogen and oxygen atoms in total. The molecule has 1 N–H and O–H groups in total. The molecule has 0 unspecified atom stereocenters. The summed E-state index contributed by atoms with van der Waals surface area (Å²) in [6.07, 6.45) is 0. The number of anilines is 1. The second-order valence-electron chi connectivity index (χ2n) is 3.97. The average Bonchev–Trinajstić information content (AvgIpc) is 2.40. The number of alkyl halides is 2. The van der Waals surface area contributed by atoms with Crippen molar-refractivity contribution >= 4 is 33.2 Å². The van der Waals surface area contributed by atoms with Gasteiger partial charge in [0.2, 0.25) is 0 Å². The van der Waals surface area contributed by atoms with Gasteiger partial charge in [0, 0.05) is 16.7 Å². The fraction of sp³-hybridized carbons (Fsp3) is 0.143. The Morgan fingerprint density at radius 3 is 2.60 bits per heavy atom. The van der Waals surface area contributed by atoms with Crippen molar-refractivity contribution in [2.45, 2.75) is 13.2 Å². The van der Waals surface area contributed by atoms with Gasteiger partial charge in [0.15, 0.2) is 0 Å². The highest BCUT2D eigenvalue weighted by molar-refractivity contribution is 9.10. The van der Waals surface area contributed by atoms with Crippen molar-refractivity contribution in [1.29, 1.82) is 0 Å². The zero-order chi connectivity index (χ0) is 14.5. The predicted octanol–water partition coefficient (Wildman–Crippen LogP) is 5.32. The van der Waals surface area contributed by atoms with Crippen LogP contribution in [0.4, 0.5) is 14.5 Å². The molecular formula is C14H11BrClF2NO. The molecule has 106 valence electrons. The Bertz CT molecular complexity index is 595. The number of rotatable bonds is 5. The van der Waals surface area contributed by atoms with Gasteiger partial charge in [-0.1, -0.05) is 45.7 Å². The van der Waals surface area contributed by atoms with Gasteiger partial charge < -0.3 is 10.1 Å². The van der Waals surface area contributed by atoms with Gasteiger partial charge in [-0.15, -0.1) is 0 Å². The highest BCUT2D eigenvalue weighted by atomic mass is 79.9. The third kappa shape index (κ3) is 4.08. The normalized spacial score (nSPS) is 10.7. The molecule has 6 heteroatoms. The van der Waals surface area contributed by atoms with Crippen LogP contribution < -0.4 is 10.1 Å². The highest BCUT2D eigenvalue weighted by Gasteiger charge is 2.09. The van der Waals surface area contributed by atoms with E-state index in [0.717, 1.165) is 15.7 Å². The maximum Gasteiger partial charge on any atom is 0.387 e. The van der Waals surface area contributed by atoms with E-state index in [2.05, 4.69) is 26.0 Å². The van der Waals surface area contributed by atoms with Gasteiger partial charge >= 0.3 is 6.61 Å². The summed E-state index contributed by atoms with van der Waals surface area (Å²) >= 11 is 9.33. The molecule has 2 aromatic rings. The third-order valence-corrected chi connectivity index (χ3v) is 3.66. The van der Waals surface area contributed by atoms with Gasteiger partial charge in [-0.2, -0.15) is 8.78 Å². The van der Waals surface area contributed by atoms with Crippen molar-refractivity contribution in [3.05, 3.63) is 57.5 Å². The Balaban J connectivity index is 2.04. The summed E-state index contributed by atoms with van der Waals surface area (Å²) in [5, 5.41) is 3.31. The van der Waals surface area contributed by atoms with Crippen molar-refractivity contribution < 1.29 is 13.5 Å². The van der Waals surface area contributed by atoms with Crippen LogP contribution in [0.5, 0.6) is 5.75 Å². The number of halogens is 4. The average molecular weight is 363 g/mol. The molecular weight excluding hydrogens is 352 g/mol. The van der Waals surface area contributed by atoms with Crippen LogP contribution in [0.1, 0.15) is 5.56 Å². The number of hydrogen-bond acceptors (Lipinski definition) is 2. The predicted molar refractivity (Wildman–Crippen MR) is 79.6 cm³/mol. The Morgan fingerprint density at radius 2 is 1.95 bits per heavy atom. The molecule has 0 heterocycles. The molecule has 0 bridgehead atoms. The number of hydrogen-bond donors (Lipinski definition) is 1. The second-order valence-corrected chi connectivity index (χ2v) is 5.23. The number of ether oxygens (including phenoxy) is 1. The van der Waals surface area contributed by atoms with E-state index in [1.165, 1.54) is 6.07 Å². The molecule has 0 saturated carbocycles. The maximum absolute atomic E-state index is 12.1. The van der Waals surface area contributed by atoms with Crippen molar-refractivity contribution in [2.75, 3.05) is 5.32 Å². The van der Waals surface area contributed by atoms with Crippen LogP contribution in [0.3, 0.4) is 0 Å². The minimum atomic E-state index is -2.88. The first-order chi connectivity index (χ1) is 9.56. The molecule has 2 aromatic carbocycles. The summed E-state index contributed by atoms with van der Waals surface area (Å²) in [5.74, 6) is -0.0342. The molecule has 0 aromatic heterocycles. The lowest BCUT2D eigenvalue weighted by molar-refractivity contribution is -0.0497. The summed E-state index contributed by atoms with van der Waals surface area (Å²) in [7, 11) is 0. The monoisotopic (exact) mass is 361 g/mol. The molecule has 0 saturated heterocycles. The van der Waals surface area contributed by atoms with Crippen LogP contribution in [0.2, 0.25) is 5.02 Å². The minimum Gasteiger partial charge on any atom is -0.433 e. The molecule has 2 rings (SSSR count). The van der Waals surface area contributed by atoms with E-state index in [9.17, 15) is 8.78 Å². The number of nitrogens with one attached hydrogen (secondary N) is 1. The maximum atomic E-state index is 12.1. The smallest absolute Gasteiger partial charge is 0.387 e. The quantitative estimate of drug-likeness (QED) is 0.777. The van der Waals surface area contributed by atoms with Crippen LogP contribution >= 0.6 is 27.5 Å². The summed E-state index contributed by atoms with van der Waals surface area (Å²) in [5.41, 5.74) is 1.81. The van der Waals surface area contributed by atoms with Gasteiger partial charge in [-0.25, -0.2) is 0 Å². The van der Waals surface area contributed by atoms with Crippen LogP contribution in [0, 0.1) is 0 Å². The van der Waals surface area contributed by atoms with E-state index in [1.807, 2.05) is 24.3 Å². The van der Waals surface area contributed by atoms with E-state index in [-0.39, 0.29) is 10.8 Å². The first-order valence-electron chi connectivity index (χ1n) is 5.78. The zero-order valence-corrected chi connectivity index (χ0v) is 12.6. The van der Waals surface area contributed by atoms with Crippen molar-refractivity contribution in [1.82, 2.24) is 0 Å². The first kappa shape index (κ1) is 15.1. The topological polar surface area (TPSA) is 21.3 Å². The third-order valence-electron chi connectivity index (χ3n) is 2.59. The van der Waals surface area contributed by atoms with E-state index >= 15 is 0 Å². The Morgan fingerprint density at radius 1 is 1.20 bits per heavy atom. The van der Waals surface area contributed by atoms with E-state index in [1.54, 1.807) is 12.1 Å². The Labute approximate surface area is 128 Å². The van der Waals surface area contributed by atoms with Crippen LogP contribution in [0.25, 0.3) is 0 Å². The molecule has 0 fully saturated rings. The van der Waals surface area contributed by atoms with Crippen molar-refractivity contribution in [3.63, 3.8) is 0 Å². The fourth-order valence-electron chi connectivity index (χ4n) is 1.64. The Hall–Kier alpha value is -1.33. The van der Waals surface area contributed by atoms with Crippen LogP contribution in [0.15, 0.2) is 46.9 Å². The van der Waals surface area contributed by atoms with Gasteiger partial charge in [-0.05, 0) is 29.8 Å².